The number of aromatic nitrogens is 2. The molecule has 0 bridgehead atoms. The number of benzene rings is 1. The van der Waals surface area contributed by atoms with Crippen LogP contribution < -0.4 is 10.6 Å². The number of aryl methyl sites for hydroxylation is 1. The highest BCUT2D eigenvalue weighted by Crippen LogP contribution is 2.04. The van der Waals surface area contributed by atoms with Gasteiger partial charge in [0.05, 0.1) is 12.4 Å². The predicted octanol–water partition coefficient (Wildman–Crippen LogP) is 2.15. The number of carbonyl (C=O) groups is 1. The number of hydrogen-bond acceptors (Lipinski definition) is 4. The van der Waals surface area contributed by atoms with Gasteiger partial charge in [-0.2, -0.15) is 0 Å². The smallest absolute Gasteiger partial charge is 0.271 e. The highest BCUT2D eigenvalue weighted by atomic mass is 16.1. The van der Waals surface area contributed by atoms with Crippen LogP contribution in [-0.4, -0.2) is 22.4 Å². The molecule has 2 N–H and O–H groups in total. The molecule has 20 heavy (non-hydrogen) atoms. The zero-order valence-electron chi connectivity index (χ0n) is 11.7. The van der Waals surface area contributed by atoms with Crippen molar-refractivity contribution in [3.05, 3.63) is 53.5 Å². The second kappa shape index (κ2) is 6.65. The van der Waals surface area contributed by atoms with E-state index in [1.54, 1.807) is 6.20 Å². The van der Waals surface area contributed by atoms with Gasteiger partial charge in [-0.1, -0.05) is 29.8 Å². The Morgan fingerprint density at radius 2 is 1.95 bits per heavy atom. The van der Waals surface area contributed by atoms with Crippen LogP contribution in [0.15, 0.2) is 36.7 Å². The van der Waals surface area contributed by atoms with E-state index in [0.717, 1.165) is 12.1 Å². The summed E-state index contributed by atoms with van der Waals surface area (Å²) in [6.07, 6.45) is 3.06. The summed E-state index contributed by atoms with van der Waals surface area (Å²) in [6.45, 7) is 5.21. The third-order valence-corrected chi connectivity index (χ3v) is 2.80. The van der Waals surface area contributed by atoms with Gasteiger partial charge in [0.2, 0.25) is 0 Å². The van der Waals surface area contributed by atoms with Crippen molar-refractivity contribution in [2.45, 2.75) is 20.4 Å². The Kier molecular flexibility index (Phi) is 4.65. The lowest BCUT2D eigenvalue weighted by molar-refractivity contribution is 0.0945. The SMILES string of the molecule is CCNc1cncc(C(=O)NCc2ccc(C)cc2)n1. The van der Waals surface area contributed by atoms with E-state index in [2.05, 4.69) is 20.6 Å². The Labute approximate surface area is 118 Å². The number of anilines is 1. The Balaban J connectivity index is 1.97. The molecule has 2 rings (SSSR count). The molecule has 1 aromatic heterocycles. The lowest BCUT2D eigenvalue weighted by Crippen LogP contribution is -2.24. The van der Waals surface area contributed by atoms with Crippen molar-refractivity contribution < 1.29 is 4.79 Å². The second-order valence-electron chi connectivity index (χ2n) is 4.49. The first kappa shape index (κ1) is 14.0. The summed E-state index contributed by atoms with van der Waals surface area (Å²) in [5.41, 5.74) is 2.57. The summed E-state index contributed by atoms with van der Waals surface area (Å²) in [5, 5.41) is 5.86. The van der Waals surface area contributed by atoms with Crippen molar-refractivity contribution in [3.8, 4) is 0 Å². The lowest BCUT2D eigenvalue weighted by atomic mass is 10.1. The molecule has 0 unspecified atom stereocenters. The van der Waals surface area contributed by atoms with Gasteiger partial charge in [-0.15, -0.1) is 0 Å². The molecule has 5 nitrogen and oxygen atoms in total. The predicted molar refractivity (Wildman–Crippen MR) is 78.5 cm³/mol. The molecular weight excluding hydrogens is 252 g/mol. The Bertz CT molecular complexity index is 581. The van der Waals surface area contributed by atoms with E-state index in [-0.39, 0.29) is 5.91 Å². The van der Waals surface area contributed by atoms with Crippen LogP contribution in [0.2, 0.25) is 0 Å². The third kappa shape index (κ3) is 3.78. The summed E-state index contributed by atoms with van der Waals surface area (Å²) in [6, 6.07) is 8.03. The van der Waals surface area contributed by atoms with Crippen LogP contribution in [0.5, 0.6) is 0 Å². The minimum atomic E-state index is -0.224. The van der Waals surface area contributed by atoms with Crippen LogP contribution in [0, 0.1) is 6.92 Å². The van der Waals surface area contributed by atoms with Crippen LogP contribution in [0.4, 0.5) is 5.82 Å². The first-order valence-electron chi connectivity index (χ1n) is 6.58. The van der Waals surface area contributed by atoms with E-state index in [0.29, 0.717) is 18.1 Å². The molecule has 0 spiro atoms. The van der Waals surface area contributed by atoms with Gasteiger partial charge in [0.15, 0.2) is 0 Å². The molecule has 1 heterocycles. The normalized spacial score (nSPS) is 10.1. The molecule has 0 aliphatic heterocycles. The number of amides is 1. The molecule has 2 aromatic rings. The molecule has 0 aliphatic carbocycles. The summed E-state index contributed by atoms with van der Waals surface area (Å²) < 4.78 is 0. The molecule has 104 valence electrons. The summed E-state index contributed by atoms with van der Waals surface area (Å²) in [7, 11) is 0. The van der Waals surface area contributed by atoms with Gasteiger partial charge in [0.25, 0.3) is 5.91 Å². The summed E-state index contributed by atoms with van der Waals surface area (Å²) >= 11 is 0. The fourth-order valence-electron chi connectivity index (χ4n) is 1.72. The second-order valence-corrected chi connectivity index (χ2v) is 4.49. The molecule has 0 fully saturated rings. The average molecular weight is 270 g/mol. The average Bonchev–Trinajstić information content (AvgIpc) is 2.47. The van der Waals surface area contributed by atoms with Gasteiger partial charge < -0.3 is 10.6 Å². The number of rotatable bonds is 5. The van der Waals surface area contributed by atoms with Crippen LogP contribution in [-0.2, 0) is 6.54 Å². The highest BCUT2D eigenvalue weighted by Gasteiger charge is 2.08. The maximum Gasteiger partial charge on any atom is 0.271 e. The quantitative estimate of drug-likeness (QED) is 0.873. The molecule has 0 radical (unpaired) electrons. The molecule has 5 heteroatoms. The highest BCUT2D eigenvalue weighted by molar-refractivity contribution is 5.92. The van der Waals surface area contributed by atoms with Crippen LogP contribution >= 0.6 is 0 Å². The van der Waals surface area contributed by atoms with Crippen LogP contribution in [0.25, 0.3) is 0 Å². The molecule has 1 amide bonds. The number of nitrogens with zero attached hydrogens (tertiary/aromatic N) is 2. The fraction of sp³-hybridized carbons (Fsp3) is 0.267. The van der Waals surface area contributed by atoms with Gasteiger partial charge in [-0.25, -0.2) is 4.98 Å². The van der Waals surface area contributed by atoms with Gasteiger partial charge in [0, 0.05) is 13.1 Å². The Morgan fingerprint density at radius 3 is 2.65 bits per heavy atom. The zero-order chi connectivity index (χ0) is 14.4. The number of nitrogens with one attached hydrogen (secondary N) is 2. The van der Waals surface area contributed by atoms with E-state index < -0.39 is 0 Å². The molecule has 1 aromatic carbocycles. The molecule has 0 atom stereocenters. The molecular formula is C15H18N4O. The summed E-state index contributed by atoms with van der Waals surface area (Å²) in [4.78, 5) is 20.2. The fourth-order valence-corrected chi connectivity index (χ4v) is 1.72. The molecule has 0 saturated heterocycles. The van der Waals surface area contributed by atoms with Crippen molar-refractivity contribution in [1.82, 2.24) is 15.3 Å². The van der Waals surface area contributed by atoms with Gasteiger partial charge in [0.1, 0.15) is 11.5 Å². The van der Waals surface area contributed by atoms with Crippen molar-refractivity contribution >= 4 is 11.7 Å². The first-order valence-corrected chi connectivity index (χ1v) is 6.58. The molecule has 0 saturated carbocycles. The minimum absolute atomic E-state index is 0.224. The minimum Gasteiger partial charge on any atom is -0.369 e. The summed E-state index contributed by atoms with van der Waals surface area (Å²) in [5.74, 6) is 0.383. The van der Waals surface area contributed by atoms with Crippen molar-refractivity contribution in [2.24, 2.45) is 0 Å². The van der Waals surface area contributed by atoms with Gasteiger partial charge in [-0.05, 0) is 19.4 Å². The monoisotopic (exact) mass is 270 g/mol. The first-order chi connectivity index (χ1) is 9.69. The maximum atomic E-state index is 12.0. The zero-order valence-corrected chi connectivity index (χ0v) is 11.7. The standard InChI is InChI=1S/C15H18N4O/c1-3-17-14-10-16-9-13(19-14)15(20)18-8-12-6-4-11(2)5-7-12/h4-7,9-10H,3,8H2,1-2H3,(H,17,19)(H,18,20). The van der Waals surface area contributed by atoms with Crippen molar-refractivity contribution in [1.29, 1.82) is 0 Å². The van der Waals surface area contributed by atoms with E-state index in [9.17, 15) is 4.79 Å². The Hall–Kier alpha value is -2.43. The van der Waals surface area contributed by atoms with Crippen molar-refractivity contribution in [2.75, 3.05) is 11.9 Å². The van der Waals surface area contributed by atoms with Crippen LogP contribution in [0.3, 0.4) is 0 Å². The van der Waals surface area contributed by atoms with Crippen molar-refractivity contribution in [3.63, 3.8) is 0 Å². The van der Waals surface area contributed by atoms with E-state index in [4.69, 9.17) is 0 Å². The largest absolute Gasteiger partial charge is 0.369 e. The van der Waals surface area contributed by atoms with Gasteiger partial charge >= 0.3 is 0 Å². The van der Waals surface area contributed by atoms with Gasteiger partial charge in [-0.3, -0.25) is 9.78 Å². The number of carbonyl (C=O) groups excluding carboxylic acids is 1. The van der Waals surface area contributed by atoms with E-state index in [1.807, 2.05) is 38.1 Å². The lowest BCUT2D eigenvalue weighted by Gasteiger charge is -2.07. The van der Waals surface area contributed by atoms with Crippen LogP contribution in [0.1, 0.15) is 28.5 Å². The maximum absolute atomic E-state index is 12.0. The van der Waals surface area contributed by atoms with E-state index >= 15 is 0 Å². The molecule has 0 aliphatic rings. The number of hydrogen-bond donors (Lipinski definition) is 2. The Morgan fingerprint density at radius 1 is 1.20 bits per heavy atom. The topological polar surface area (TPSA) is 66.9 Å². The third-order valence-electron chi connectivity index (χ3n) is 2.80. The van der Waals surface area contributed by atoms with E-state index in [1.165, 1.54) is 11.8 Å².